The maximum atomic E-state index is 13.1. The van der Waals surface area contributed by atoms with E-state index < -0.39 is 21.4 Å². The fourth-order valence-corrected chi connectivity index (χ4v) is 2.17. The quantitative estimate of drug-likeness (QED) is 0.801. The van der Waals surface area contributed by atoms with Gasteiger partial charge in [0, 0.05) is 18.2 Å². The minimum Gasteiger partial charge on any atom is -0.294 e. The molecule has 0 radical (unpaired) electrons. The van der Waals surface area contributed by atoms with Crippen molar-refractivity contribution in [3.63, 3.8) is 0 Å². The fourth-order valence-electron chi connectivity index (χ4n) is 1.13. The minimum absolute atomic E-state index is 0.0773. The third-order valence-electron chi connectivity index (χ3n) is 1.95. The van der Waals surface area contributed by atoms with Crippen LogP contribution in [0.3, 0.4) is 0 Å². The van der Waals surface area contributed by atoms with Gasteiger partial charge in [0.2, 0.25) is 0 Å². The Labute approximate surface area is 102 Å². The lowest BCUT2D eigenvalue weighted by molar-refractivity contribution is 0.0987. The highest BCUT2D eigenvalue weighted by Crippen LogP contribution is 2.21. The molecule has 6 heteroatoms. The van der Waals surface area contributed by atoms with E-state index in [1.165, 1.54) is 18.2 Å². The zero-order valence-electron chi connectivity index (χ0n) is 8.54. The SMILES string of the molecule is CS(=O)(=O)CCC(=O)c1cccc(F)c1Br. The smallest absolute Gasteiger partial charge is 0.165 e. The van der Waals surface area contributed by atoms with Crippen LogP contribution in [0.5, 0.6) is 0 Å². The molecular weight excluding hydrogens is 299 g/mol. The van der Waals surface area contributed by atoms with Crippen LogP contribution in [0.1, 0.15) is 16.8 Å². The number of sulfone groups is 1. The summed E-state index contributed by atoms with van der Waals surface area (Å²) in [5, 5.41) is 0. The van der Waals surface area contributed by atoms with Gasteiger partial charge in [0.05, 0.1) is 10.2 Å². The molecule has 1 aromatic carbocycles. The molecule has 1 rings (SSSR count). The number of Topliss-reactive ketones (excluding diaryl/α,β-unsaturated/α-hetero) is 1. The van der Waals surface area contributed by atoms with Crippen molar-refractivity contribution in [3.8, 4) is 0 Å². The van der Waals surface area contributed by atoms with Crippen molar-refractivity contribution in [1.82, 2.24) is 0 Å². The minimum atomic E-state index is -3.18. The van der Waals surface area contributed by atoms with Crippen LogP contribution in [0.15, 0.2) is 22.7 Å². The predicted molar refractivity (Wildman–Crippen MR) is 62.8 cm³/mol. The van der Waals surface area contributed by atoms with Gasteiger partial charge in [0.1, 0.15) is 15.7 Å². The number of carbonyl (C=O) groups is 1. The first-order valence-electron chi connectivity index (χ1n) is 4.46. The number of hydrogen-bond donors (Lipinski definition) is 0. The molecule has 0 spiro atoms. The molecule has 0 aromatic heterocycles. The van der Waals surface area contributed by atoms with Gasteiger partial charge < -0.3 is 0 Å². The maximum Gasteiger partial charge on any atom is 0.165 e. The molecule has 0 heterocycles. The number of halogens is 2. The van der Waals surface area contributed by atoms with E-state index >= 15 is 0 Å². The van der Waals surface area contributed by atoms with Gasteiger partial charge >= 0.3 is 0 Å². The lowest BCUT2D eigenvalue weighted by atomic mass is 10.1. The summed E-state index contributed by atoms with van der Waals surface area (Å²) in [5.74, 6) is -1.16. The summed E-state index contributed by atoms with van der Waals surface area (Å²) in [6, 6.07) is 4.09. The summed E-state index contributed by atoms with van der Waals surface area (Å²) >= 11 is 2.96. The second-order valence-corrected chi connectivity index (χ2v) is 6.46. The molecule has 0 aliphatic carbocycles. The first-order valence-corrected chi connectivity index (χ1v) is 7.31. The fraction of sp³-hybridized carbons (Fsp3) is 0.300. The average Bonchev–Trinajstić information content (AvgIpc) is 2.17. The number of carbonyl (C=O) groups excluding carboxylic acids is 1. The first-order chi connectivity index (χ1) is 7.31. The highest BCUT2D eigenvalue weighted by molar-refractivity contribution is 9.10. The molecule has 0 saturated carbocycles. The Hall–Kier alpha value is -0.750. The second-order valence-electron chi connectivity index (χ2n) is 3.40. The van der Waals surface area contributed by atoms with Crippen LogP contribution in [-0.4, -0.2) is 26.2 Å². The lowest BCUT2D eigenvalue weighted by Crippen LogP contribution is -2.10. The van der Waals surface area contributed by atoms with Crippen molar-refractivity contribution in [2.75, 3.05) is 12.0 Å². The third kappa shape index (κ3) is 3.68. The Balaban J connectivity index is 2.86. The molecule has 16 heavy (non-hydrogen) atoms. The van der Waals surface area contributed by atoms with Crippen LogP contribution in [-0.2, 0) is 9.84 Å². The van der Waals surface area contributed by atoms with Crippen LogP contribution in [0.4, 0.5) is 4.39 Å². The van der Waals surface area contributed by atoms with E-state index in [1.807, 2.05) is 0 Å². The summed E-state index contributed by atoms with van der Waals surface area (Å²) in [7, 11) is -3.18. The van der Waals surface area contributed by atoms with Gasteiger partial charge in [-0.15, -0.1) is 0 Å². The number of benzene rings is 1. The van der Waals surface area contributed by atoms with Gasteiger partial charge in [-0.2, -0.15) is 0 Å². The molecule has 1 aromatic rings. The van der Waals surface area contributed by atoms with Crippen molar-refractivity contribution in [1.29, 1.82) is 0 Å². The Morgan fingerprint density at radius 1 is 1.44 bits per heavy atom. The van der Waals surface area contributed by atoms with Crippen LogP contribution >= 0.6 is 15.9 Å². The molecule has 0 aliphatic heterocycles. The summed E-state index contributed by atoms with van der Waals surface area (Å²) in [4.78, 5) is 11.6. The summed E-state index contributed by atoms with van der Waals surface area (Å²) in [5.41, 5.74) is 0.170. The Bertz CT molecular complexity index is 511. The molecule has 0 N–H and O–H groups in total. The monoisotopic (exact) mass is 308 g/mol. The highest BCUT2D eigenvalue weighted by Gasteiger charge is 2.14. The van der Waals surface area contributed by atoms with Crippen molar-refractivity contribution in [2.24, 2.45) is 0 Å². The largest absolute Gasteiger partial charge is 0.294 e. The van der Waals surface area contributed by atoms with Gasteiger partial charge in [0.15, 0.2) is 5.78 Å². The van der Waals surface area contributed by atoms with E-state index in [0.29, 0.717) is 0 Å². The van der Waals surface area contributed by atoms with Crippen molar-refractivity contribution >= 4 is 31.6 Å². The first kappa shape index (κ1) is 13.3. The van der Waals surface area contributed by atoms with E-state index in [0.717, 1.165) is 6.26 Å². The van der Waals surface area contributed by atoms with Gasteiger partial charge in [-0.1, -0.05) is 12.1 Å². The summed E-state index contributed by atoms with van der Waals surface area (Å²) < 4.78 is 34.9. The lowest BCUT2D eigenvalue weighted by Gasteiger charge is -2.03. The van der Waals surface area contributed by atoms with Gasteiger partial charge in [-0.25, -0.2) is 12.8 Å². The van der Waals surface area contributed by atoms with E-state index in [1.54, 1.807) is 0 Å². The van der Waals surface area contributed by atoms with Gasteiger partial charge in [-0.05, 0) is 22.0 Å². The third-order valence-corrected chi connectivity index (χ3v) is 3.70. The molecule has 0 fully saturated rings. The standard InChI is InChI=1S/C10H10BrFO3S/c1-16(14,15)6-5-9(13)7-3-2-4-8(12)10(7)11/h2-4H,5-6H2,1H3. The zero-order valence-corrected chi connectivity index (χ0v) is 10.9. The molecule has 0 atom stereocenters. The van der Waals surface area contributed by atoms with E-state index in [4.69, 9.17) is 0 Å². The average molecular weight is 309 g/mol. The molecule has 3 nitrogen and oxygen atoms in total. The number of ketones is 1. The predicted octanol–water partition coefficient (Wildman–Crippen LogP) is 2.21. The molecule has 88 valence electrons. The number of hydrogen-bond acceptors (Lipinski definition) is 3. The van der Waals surface area contributed by atoms with Crippen molar-refractivity contribution in [3.05, 3.63) is 34.1 Å². The molecule has 0 unspecified atom stereocenters. The topological polar surface area (TPSA) is 51.2 Å². The maximum absolute atomic E-state index is 13.1. The van der Waals surface area contributed by atoms with E-state index in [2.05, 4.69) is 15.9 Å². The Kier molecular flexibility index (Phi) is 4.21. The molecule has 0 amide bonds. The molecule has 0 saturated heterocycles. The Morgan fingerprint density at radius 2 is 2.06 bits per heavy atom. The van der Waals surface area contributed by atoms with Crippen LogP contribution in [0, 0.1) is 5.82 Å². The van der Waals surface area contributed by atoms with Gasteiger partial charge in [0.25, 0.3) is 0 Å². The van der Waals surface area contributed by atoms with Crippen LogP contribution < -0.4 is 0 Å². The van der Waals surface area contributed by atoms with Crippen LogP contribution in [0.2, 0.25) is 0 Å². The van der Waals surface area contributed by atoms with Crippen molar-refractivity contribution in [2.45, 2.75) is 6.42 Å². The van der Waals surface area contributed by atoms with E-state index in [-0.39, 0.29) is 22.2 Å². The molecule has 0 bridgehead atoms. The number of rotatable bonds is 4. The summed E-state index contributed by atoms with van der Waals surface area (Å²) in [6.07, 6.45) is 0.918. The van der Waals surface area contributed by atoms with Crippen LogP contribution in [0.25, 0.3) is 0 Å². The molecule has 0 aliphatic rings. The van der Waals surface area contributed by atoms with E-state index in [9.17, 15) is 17.6 Å². The second kappa shape index (κ2) is 5.05. The highest BCUT2D eigenvalue weighted by atomic mass is 79.9. The molecular formula is C10H10BrFO3S. The Morgan fingerprint density at radius 3 is 2.62 bits per heavy atom. The van der Waals surface area contributed by atoms with Gasteiger partial charge in [-0.3, -0.25) is 4.79 Å². The zero-order chi connectivity index (χ0) is 12.3. The normalized spacial score (nSPS) is 11.4. The summed E-state index contributed by atoms with van der Waals surface area (Å²) in [6.45, 7) is 0. The van der Waals surface area contributed by atoms with Crippen molar-refractivity contribution < 1.29 is 17.6 Å².